The molecule has 1 aromatic carbocycles. The Morgan fingerprint density at radius 3 is 2.80 bits per heavy atom. The van der Waals surface area contributed by atoms with E-state index < -0.39 is 0 Å². The van der Waals surface area contributed by atoms with Crippen LogP contribution >= 0.6 is 11.3 Å². The molecule has 1 fully saturated rings. The van der Waals surface area contributed by atoms with Crippen LogP contribution < -0.4 is 11.1 Å². The molecule has 2 atom stereocenters. The predicted octanol–water partition coefficient (Wildman–Crippen LogP) is 2.88. The van der Waals surface area contributed by atoms with Gasteiger partial charge < -0.3 is 11.1 Å². The van der Waals surface area contributed by atoms with Gasteiger partial charge in [0.25, 0.3) is 0 Å². The molecule has 0 aliphatic heterocycles. The van der Waals surface area contributed by atoms with Gasteiger partial charge in [-0.1, -0.05) is 41.7 Å². The predicted molar refractivity (Wildman–Crippen MR) is 81.5 cm³/mol. The van der Waals surface area contributed by atoms with Gasteiger partial charge in [-0.2, -0.15) is 0 Å². The Balaban J connectivity index is 1.67. The number of nitrogens with zero attached hydrogens (tertiary/aromatic N) is 1. The summed E-state index contributed by atoms with van der Waals surface area (Å²) in [5.74, 6) is 0.0842. The average molecular weight is 287 g/mol. The SMILES string of the molecule is NC1CCC(C(=O)Nc2ncc(-c3ccccc3)s2)C1. The first-order chi connectivity index (χ1) is 9.72. The van der Waals surface area contributed by atoms with Crippen LogP contribution in [0.15, 0.2) is 36.5 Å². The van der Waals surface area contributed by atoms with E-state index in [1.54, 1.807) is 6.20 Å². The first kappa shape index (κ1) is 13.3. The Morgan fingerprint density at radius 2 is 2.10 bits per heavy atom. The van der Waals surface area contributed by atoms with E-state index in [-0.39, 0.29) is 17.9 Å². The van der Waals surface area contributed by atoms with Crippen molar-refractivity contribution < 1.29 is 4.79 Å². The highest BCUT2D eigenvalue weighted by molar-refractivity contribution is 7.19. The number of aromatic nitrogens is 1. The lowest BCUT2D eigenvalue weighted by atomic mass is 10.1. The summed E-state index contributed by atoms with van der Waals surface area (Å²) in [4.78, 5) is 17.4. The zero-order valence-electron chi connectivity index (χ0n) is 11.1. The van der Waals surface area contributed by atoms with E-state index >= 15 is 0 Å². The summed E-state index contributed by atoms with van der Waals surface area (Å²) in [6.07, 6.45) is 4.40. The minimum atomic E-state index is 0.0362. The van der Waals surface area contributed by atoms with Crippen molar-refractivity contribution in [3.8, 4) is 10.4 Å². The molecule has 104 valence electrons. The normalized spacial score (nSPS) is 21.9. The zero-order chi connectivity index (χ0) is 13.9. The second-order valence-corrected chi connectivity index (χ2v) is 6.19. The molecule has 20 heavy (non-hydrogen) atoms. The molecule has 1 amide bonds. The molecule has 3 N–H and O–H groups in total. The first-order valence-electron chi connectivity index (χ1n) is 6.80. The molecule has 1 saturated carbocycles. The van der Waals surface area contributed by atoms with Gasteiger partial charge in [-0.25, -0.2) is 4.98 Å². The number of amides is 1. The molecule has 1 heterocycles. The Labute approximate surface area is 122 Å². The zero-order valence-corrected chi connectivity index (χ0v) is 11.9. The van der Waals surface area contributed by atoms with Crippen LogP contribution in [0.3, 0.4) is 0 Å². The smallest absolute Gasteiger partial charge is 0.229 e. The van der Waals surface area contributed by atoms with Gasteiger partial charge in [0.2, 0.25) is 5.91 Å². The van der Waals surface area contributed by atoms with Crippen molar-refractivity contribution in [2.24, 2.45) is 11.7 Å². The van der Waals surface area contributed by atoms with Crippen molar-refractivity contribution in [1.82, 2.24) is 4.98 Å². The fourth-order valence-electron chi connectivity index (χ4n) is 2.53. The number of nitrogens with one attached hydrogen (secondary N) is 1. The summed E-state index contributed by atoms with van der Waals surface area (Å²) >= 11 is 1.50. The highest BCUT2D eigenvalue weighted by atomic mass is 32.1. The molecule has 5 heteroatoms. The van der Waals surface area contributed by atoms with Crippen LogP contribution in [0.4, 0.5) is 5.13 Å². The Bertz CT molecular complexity index is 596. The number of carbonyl (C=O) groups is 1. The molecule has 0 saturated heterocycles. The molecule has 2 aromatic rings. The van der Waals surface area contributed by atoms with Gasteiger partial charge in [0.15, 0.2) is 5.13 Å². The number of hydrogen-bond acceptors (Lipinski definition) is 4. The van der Waals surface area contributed by atoms with Crippen molar-refractivity contribution in [3.63, 3.8) is 0 Å². The highest BCUT2D eigenvalue weighted by Crippen LogP contribution is 2.30. The van der Waals surface area contributed by atoms with Crippen molar-refractivity contribution >= 4 is 22.4 Å². The van der Waals surface area contributed by atoms with Crippen molar-refractivity contribution in [1.29, 1.82) is 0 Å². The molecule has 1 aliphatic rings. The third kappa shape index (κ3) is 2.89. The Hall–Kier alpha value is -1.72. The van der Waals surface area contributed by atoms with E-state index in [1.807, 2.05) is 30.3 Å². The number of nitrogens with two attached hydrogens (primary N) is 1. The quantitative estimate of drug-likeness (QED) is 0.912. The van der Waals surface area contributed by atoms with Gasteiger partial charge in [0.1, 0.15) is 0 Å². The van der Waals surface area contributed by atoms with E-state index in [0.717, 1.165) is 29.7 Å². The Morgan fingerprint density at radius 1 is 1.30 bits per heavy atom. The topological polar surface area (TPSA) is 68.0 Å². The fourth-order valence-corrected chi connectivity index (χ4v) is 3.35. The van der Waals surface area contributed by atoms with Crippen LogP contribution in [0.1, 0.15) is 19.3 Å². The molecule has 0 radical (unpaired) electrons. The van der Waals surface area contributed by atoms with Crippen molar-refractivity contribution in [2.75, 3.05) is 5.32 Å². The highest BCUT2D eigenvalue weighted by Gasteiger charge is 2.28. The van der Waals surface area contributed by atoms with Gasteiger partial charge >= 0.3 is 0 Å². The molecular weight excluding hydrogens is 270 g/mol. The van der Waals surface area contributed by atoms with E-state index in [9.17, 15) is 4.79 Å². The van der Waals surface area contributed by atoms with Gasteiger partial charge in [-0.15, -0.1) is 0 Å². The molecule has 1 aromatic heterocycles. The fraction of sp³-hybridized carbons (Fsp3) is 0.333. The molecule has 0 spiro atoms. The van der Waals surface area contributed by atoms with Crippen molar-refractivity contribution in [3.05, 3.63) is 36.5 Å². The maximum absolute atomic E-state index is 12.1. The van der Waals surface area contributed by atoms with E-state index in [0.29, 0.717) is 5.13 Å². The summed E-state index contributed by atoms with van der Waals surface area (Å²) in [5, 5.41) is 3.57. The Kier molecular flexibility index (Phi) is 3.80. The van der Waals surface area contributed by atoms with Crippen LogP contribution in [0.5, 0.6) is 0 Å². The number of hydrogen-bond donors (Lipinski definition) is 2. The van der Waals surface area contributed by atoms with Crippen LogP contribution in [0.2, 0.25) is 0 Å². The number of thiazole rings is 1. The lowest BCUT2D eigenvalue weighted by Gasteiger charge is -2.08. The largest absolute Gasteiger partial charge is 0.328 e. The molecular formula is C15H17N3OS. The van der Waals surface area contributed by atoms with E-state index in [4.69, 9.17) is 5.73 Å². The minimum Gasteiger partial charge on any atom is -0.328 e. The van der Waals surface area contributed by atoms with E-state index in [2.05, 4.69) is 10.3 Å². The monoisotopic (exact) mass is 287 g/mol. The van der Waals surface area contributed by atoms with Gasteiger partial charge in [-0.3, -0.25) is 4.79 Å². The maximum Gasteiger partial charge on any atom is 0.229 e. The number of anilines is 1. The summed E-state index contributed by atoms with van der Waals surface area (Å²) in [7, 11) is 0. The van der Waals surface area contributed by atoms with Crippen LogP contribution in [-0.4, -0.2) is 16.9 Å². The van der Waals surface area contributed by atoms with Gasteiger partial charge in [0.05, 0.1) is 4.88 Å². The van der Waals surface area contributed by atoms with Gasteiger partial charge in [0, 0.05) is 18.2 Å². The summed E-state index contributed by atoms with van der Waals surface area (Å²) in [6, 6.07) is 10.2. The van der Waals surface area contributed by atoms with Crippen molar-refractivity contribution in [2.45, 2.75) is 25.3 Å². The summed E-state index contributed by atoms with van der Waals surface area (Å²) < 4.78 is 0. The third-order valence-corrected chi connectivity index (χ3v) is 4.60. The second-order valence-electron chi connectivity index (χ2n) is 5.15. The lowest BCUT2D eigenvalue weighted by Crippen LogP contribution is -2.23. The minimum absolute atomic E-state index is 0.0362. The number of benzene rings is 1. The standard InChI is InChI=1S/C15H17N3OS/c16-12-7-6-11(8-12)14(19)18-15-17-9-13(20-15)10-4-2-1-3-5-10/h1-5,9,11-12H,6-8,16H2,(H,17,18,19). The third-order valence-electron chi connectivity index (χ3n) is 3.64. The van der Waals surface area contributed by atoms with Crippen LogP contribution in [0.25, 0.3) is 10.4 Å². The lowest BCUT2D eigenvalue weighted by molar-refractivity contribution is -0.119. The molecule has 3 rings (SSSR count). The van der Waals surface area contributed by atoms with Crippen LogP contribution in [0, 0.1) is 5.92 Å². The first-order valence-corrected chi connectivity index (χ1v) is 7.62. The maximum atomic E-state index is 12.1. The molecule has 2 unspecified atom stereocenters. The number of carbonyl (C=O) groups excluding carboxylic acids is 1. The average Bonchev–Trinajstić information content (AvgIpc) is 3.09. The van der Waals surface area contributed by atoms with E-state index in [1.165, 1.54) is 11.3 Å². The van der Waals surface area contributed by atoms with Crippen LogP contribution in [-0.2, 0) is 4.79 Å². The molecule has 4 nitrogen and oxygen atoms in total. The molecule has 1 aliphatic carbocycles. The molecule has 0 bridgehead atoms. The summed E-state index contributed by atoms with van der Waals surface area (Å²) in [5.41, 5.74) is 6.96. The summed E-state index contributed by atoms with van der Waals surface area (Å²) in [6.45, 7) is 0. The second kappa shape index (κ2) is 5.73. The number of rotatable bonds is 3. The van der Waals surface area contributed by atoms with Gasteiger partial charge in [-0.05, 0) is 24.8 Å².